The van der Waals surface area contributed by atoms with Gasteiger partial charge in [0.05, 0.1) is 17.8 Å². The maximum Gasteiger partial charge on any atom is 0.282 e. The van der Waals surface area contributed by atoms with Crippen LogP contribution in [0.5, 0.6) is 11.5 Å². The zero-order chi connectivity index (χ0) is 24.9. The van der Waals surface area contributed by atoms with E-state index < -0.39 is 11.8 Å². The number of amides is 3. The quantitative estimate of drug-likeness (QED) is 0.382. The zero-order valence-corrected chi connectivity index (χ0v) is 19.8. The van der Waals surface area contributed by atoms with E-state index in [2.05, 4.69) is 10.7 Å². The van der Waals surface area contributed by atoms with Crippen LogP contribution in [0.25, 0.3) is 6.08 Å². The van der Waals surface area contributed by atoms with Crippen LogP contribution in [0.1, 0.15) is 11.1 Å². The highest BCUT2D eigenvalue weighted by atomic mass is 35.5. The fraction of sp³-hybridized carbons (Fsp3) is 0.115. The lowest BCUT2D eigenvalue weighted by atomic mass is 10.1. The number of anilines is 2. The second-order valence-corrected chi connectivity index (χ2v) is 8.12. The lowest BCUT2D eigenvalue weighted by Gasteiger charge is -2.14. The summed E-state index contributed by atoms with van der Waals surface area (Å²) in [5.74, 6) is -0.986. The molecule has 2 N–H and O–H groups in total. The number of nitrogens with one attached hydrogen (secondary N) is 2. The first-order valence-electron chi connectivity index (χ1n) is 10.6. The molecule has 0 aliphatic carbocycles. The molecule has 35 heavy (non-hydrogen) atoms. The van der Waals surface area contributed by atoms with Crippen molar-refractivity contribution in [1.29, 1.82) is 0 Å². The SMILES string of the molecule is COc1cc(/C=C2/C(=O)NN(c3ccccc3)C2=O)cc(Cl)c1OCC(=O)Nc1ccc(C)cc1. The number of hydrazine groups is 1. The number of benzene rings is 3. The number of hydrogen-bond acceptors (Lipinski definition) is 5. The minimum absolute atomic E-state index is 0.0573. The van der Waals surface area contributed by atoms with Gasteiger partial charge in [-0.2, -0.15) is 0 Å². The number of hydrogen-bond donors (Lipinski definition) is 2. The molecule has 0 saturated carbocycles. The molecule has 3 amide bonds. The van der Waals surface area contributed by atoms with Crippen LogP contribution >= 0.6 is 11.6 Å². The van der Waals surface area contributed by atoms with Gasteiger partial charge < -0.3 is 14.8 Å². The Balaban J connectivity index is 1.50. The fourth-order valence-electron chi connectivity index (χ4n) is 3.42. The molecule has 1 fully saturated rings. The molecule has 9 heteroatoms. The van der Waals surface area contributed by atoms with Gasteiger partial charge in [0, 0.05) is 5.69 Å². The average Bonchev–Trinajstić information content (AvgIpc) is 3.13. The first kappa shape index (κ1) is 23.8. The van der Waals surface area contributed by atoms with Crippen molar-refractivity contribution in [2.45, 2.75) is 6.92 Å². The smallest absolute Gasteiger partial charge is 0.282 e. The fourth-order valence-corrected chi connectivity index (χ4v) is 3.69. The Bertz CT molecular complexity index is 1310. The molecule has 3 aromatic carbocycles. The highest BCUT2D eigenvalue weighted by Gasteiger charge is 2.34. The van der Waals surface area contributed by atoms with Crippen molar-refractivity contribution in [2.75, 3.05) is 24.0 Å². The third-order valence-corrected chi connectivity index (χ3v) is 5.43. The summed E-state index contributed by atoms with van der Waals surface area (Å²) in [6.07, 6.45) is 1.42. The van der Waals surface area contributed by atoms with Gasteiger partial charge in [0.1, 0.15) is 5.57 Å². The number of methoxy groups -OCH3 is 1. The number of carbonyl (C=O) groups is 3. The average molecular weight is 492 g/mol. The third-order valence-electron chi connectivity index (χ3n) is 5.15. The second-order valence-electron chi connectivity index (χ2n) is 7.71. The van der Waals surface area contributed by atoms with Crippen molar-refractivity contribution in [3.8, 4) is 11.5 Å². The van der Waals surface area contributed by atoms with Gasteiger partial charge in [0.2, 0.25) is 0 Å². The van der Waals surface area contributed by atoms with Crippen LogP contribution < -0.4 is 25.2 Å². The Morgan fingerprint density at radius 2 is 1.80 bits per heavy atom. The second kappa shape index (κ2) is 10.3. The van der Waals surface area contributed by atoms with Crippen LogP contribution in [0.15, 0.2) is 72.3 Å². The Hall–Kier alpha value is -4.30. The number of aryl methyl sites for hydroxylation is 1. The van der Waals surface area contributed by atoms with E-state index in [9.17, 15) is 14.4 Å². The molecule has 1 heterocycles. The topological polar surface area (TPSA) is 97.0 Å². The van der Waals surface area contributed by atoms with Crippen molar-refractivity contribution in [1.82, 2.24) is 5.43 Å². The summed E-state index contributed by atoms with van der Waals surface area (Å²) in [7, 11) is 1.42. The van der Waals surface area contributed by atoms with E-state index in [0.29, 0.717) is 16.9 Å². The van der Waals surface area contributed by atoms with Gasteiger partial charge >= 0.3 is 0 Å². The first-order chi connectivity index (χ1) is 16.9. The summed E-state index contributed by atoms with van der Waals surface area (Å²) in [6.45, 7) is 1.66. The number of ether oxygens (including phenoxy) is 2. The normalized spacial score (nSPS) is 14.1. The number of para-hydroxylation sites is 1. The minimum atomic E-state index is -0.540. The van der Waals surface area contributed by atoms with Crippen LogP contribution in [0.3, 0.4) is 0 Å². The van der Waals surface area contributed by atoms with Crippen molar-refractivity contribution >= 4 is 46.8 Å². The number of halogens is 1. The maximum absolute atomic E-state index is 12.8. The molecule has 3 aromatic rings. The van der Waals surface area contributed by atoms with Crippen LogP contribution in [-0.4, -0.2) is 31.4 Å². The summed E-state index contributed by atoms with van der Waals surface area (Å²) < 4.78 is 11.0. The lowest BCUT2D eigenvalue weighted by Crippen LogP contribution is -2.35. The van der Waals surface area contributed by atoms with Gasteiger partial charge in [-0.15, -0.1) is 0 Å². The van der Waals surface area contributed by atoms with Crippen molar-refractivity contribution in [2.24, 2.45) is 0 Å². The van der Waals surface area contributed by atoms with Gasteiger partial charge in [0.15, 0.2) is 18.1 Å². The van der Waals surface area contributed by atoms with Crippen molar-refractivity contribution in [3.63, 3.8) is 0 Å². The van der Waals surface area contributed by atoms with Gasteiger partial charge in [0.25, 0.3) is 17.7 Å². The van der Waals surface area contributed by atoms with Crippen LogP contribution in [0, 0.1) is 6.92 Å². The summed E-state index contributed by atoms with van der Waals surface area (Å²) in [5.41, 5.74) is 5.21. The summed E-state index contributed by atoms with van der Waals surface area (Å²) in [4.78, 5) is 37.5. The molecule has 8 nitrogen and oxygen atoms in total. The van der Waals surface area contributed by atoms with E-state index in [1.807, 2.05) is 25.1 Å². The van der Waals surface area contributed by atoms with Gasteiger partial charge in [-0.1, -0.05) is 47.5 Å². The molecule has 1 aliphatic rings. The summed E-state index contributed by atoms with van der Waals surface area (Å²) in [5, 5.41) is 4.07. The molecular weight excluding hydrogens is 470 g/mol. The van der Waals surface area contributed by atoms with Gasteiger partial charge in [-0.05, 0) is 55.0 Å². The predicted molar refractivity (Wildman–Crippen MR) is 133 cm³/mol. The monoisotopic (exact) mass is 491 g/mol. The maximum atomic E-state index is 12.8. The molecule has 0 unspecified atom stereocenters. The molecule has 1 saturated heterocycles. The molecule has 178 valence electrons. The lowest BCUT2D eigenvalue weighted by molar-refractivity contribution is -0.118. The largest absolute Gasteiger partial charge is 0.493 e. The first-order valence-corrected chi connectivity index (χ1v) is 11.0. The standard InChI is InChI=1S/C26H22ClN3O5/c1-16-8-10-18(11-9-16)28-23(31)15-35-24-21(27)13-17(14-22(24)34-2)12-20-25(32)29-30(26(20)33)19-6-4-3-5-7-19/h3-14H,15H2,1-2H3,(H,28,31)(H,29,32)/b20-12-. The Labute approximate surface area is 207 Å². The van der Waals surface area contributed by atoms with E-state index in [1.54, 1.807) is 42.5 Å². The van der Waals surface area contributed by atoms with Crippen LogP contribution in [-0.2, 0) is 14.4 Å². The van der Waals surface area contributed by atoms with Crippen LogP contribution in [0.4, 0.5) is 11.4 Å². The number of rotatable bonds is 7. The molecule has 0 spiro atoms. The molecule has 0 atom stereocenters. The van der Waals surface area contributed by atoms with Gasteiger partial charge in [-0.25, -0.2) is 5.01 Å². The highest BCUT2D eigenvalue weighted by molar-refractivity contribution is 6.33. The van der Waals surface area contributed by atoms with Gasteiger partial charge in [-0.3, -0.25) is 19.8 Å². The number of carbonyl (C=O) groups excluding carboxylic acids is 3. The molecule has 0 aromatic heterocycles. The summed E-state index contributed by atoms with van der Waals surface area (Å²) in [6, 6.07) is 19.2. The van der Waals surface area contributed by atoms with Crippen LogP contribution in [0.2, 0.25) is 5.02 Å². The number of nitrogens with zero attached hydrogens (tertiary/aromatic N) is 1. The molecular formula is C26H22ClN3O5. The molecule has 0 radical (unpaired) electrons. The molecule has 4 rings (SSSR count). The van der Waals surface area contributed by atoms with E-state index in [-0.39, 0.29) is 34.6 Å². The van der Waals surface area contributed by atoms with E-state index in [1.165, 1.54) is 24.3 Å². The Kier molecular flexibility index (Phi) is 7.03. The predicted octanol–water partition coefficient (Wildman–Crippen LogP) is 4.14. The minimum Gasteiger partial charge on any atom is -0.493 e. The van der Waals surface area contributed by atoms with E-state index >= 15 is 0 Å². The molecule has 0 bridgehead atoms. The zero-order valence-electron chi connectivity index (χ0n) is 19.0. The van der Waals surface area contributed by atoms with E-state index in [4.69, 9.17) is 21.1 Å². The molecule has 1 aliphatic heterocycles. The van der Waals surface area contributed by atoms with E-state index in [0.717, 1.165) is 5.56 Å². The van der Waals surface area contributed by atoms with Crippen molar-refractivity contribution in [3.05, 3.63) is 88.5 Å². The van der Waals surface area contributed by atoms with Crippen molar-refractivity contribution < 1.29 is 23.9 Å². The Morgan fingerprint density at radius 1 is 1.09 bits per heavy atom. The Morgan fingerprint density at radius 3 is 2.49 bits per heavy atom. The third kappa shape index (κ3) is 5.44. The summed E-state index contributed by atoms with van der Waals surface area (Å²) >= 11 is 6.40. The highest BCUT2D eigenvalue weighted by Crippen LogP contribution is 2.37.